The molecule has 0 aliphatic carbocycles. The second kappa shape index (κ2) is 7.76. The molecule has 2 N–H and O–H groups in total. The van der Waals surface area contributed by atoms with Crippen LogP contribution in [0, 0.1) is 0 Å². The van der Waals surface area contributed by atoms with Crippen molar-refractivity contribution >= 4 is 24.4 Å². The lowest BCUT2D eigenvalue weighted by molar-refractivity contribution is -0.125. The predicted octanol–water partition coefficient (Wildman–Crippen LogP) is 1.16. The lowest BCUT2D eigenvalue weighted by atomic mass is 10.1. The Morgan fingerprint density at radius 3 is 2.39 bits per heavy atom. The molecule has 2 amide bonds. The number of carbonyl (C=O) groups is 2. The van der Waals surface area contributed by atoms with E-state index in [0.717, 1.165) is 16.9 Å². The van der Waals surface area contributed by atoms with Gasteiger partial charge in [-0.2, -0.15) is 0 Å². The van der Waals surface area contributed by atoms with Crippen molar-refractivity contribution in [2.45, 2.75) is 24.7 Å². The highest BCUT2D eigenvalue weighted by Gasteiger charge is 2.05. The largest absolute Gasteiger partial charge is 0.355 e. The Morgan fingerprint density at radius 1 is 1.11 bits per heavy atom. The molecule has 0 radical (unpaired) electrons. The molecule has 0 heterocycles. The second-order valence-electron chi connectivity index (χ2n) is 3.97. The quantitative estimate of drug-likeness (QED) is 0.677. The van der Waals surface area contributed by atoms with E-state index in [-0.39, 0.29) is 24.8 Å². The average molecular weight is 266 g/mol. The van der Waals surface area contributed by atoms with E-state index in [1.165, 1.54) is 0 Å². The van der Waals surface area contributed by atoms with E-state index < -0.39 is 0 Å². The Balaban J connectivity index is 2.29. The third-order valence-electron chi connectivity index (χ3n) is 2.32. The number of rotatable bonds is 6. The molecule has 0 atom stereocenters. The van der Waals surface area contributed by atoms with Crippen molar-refractivity contribution < 1.29 is 9.59 Å². The van der Waals surface area contributed by atoms with Gasteiger partial charge in [-0.05, 0) is 24.1 Å². The van der Waals surface area contributed by atoms with Crippen LogP contribution in [0.4, 0.5) is 0 Å². The number of amides is 2. The van der Waals surface area contributed by atoms with Gasteiger partial charge in [-0.25, -0.2) is 0 Å². The summed E-state index contributed by atoms with van der Waals surface area (Å²) in [6.07, 6.45) is 1.16. The highest BCUT2D eigenvalue weighted by molar-refractivity contribution is 7.80. The van der Waals surface area contributed by atoms with Crippen molar-refractivity contribution in [1.29, 1.82) is 0 Å². The molecule has 0 unspecified atom stereocenters. The van der Waals surface area contributed by atoms with Gasteiger partial charge in [0.2, 0.25) is 11.8 Å². The van der Waals surface area contributed by atoms with Crippen LogP contribution in [0.3, 0.4) is 0 Å². The molecule has 0 aromatic heterocycles. The molecule has 0 fully saturated rings. The first kappa shape index (κ1) is 14.6. The van der Waals surface area contributed by atoms with Crippen molar-refractivity contribution in [3.8, 4) is 0 Å². The minimum atomic E-state index is -0.159. The van der Waals surface area contributed by atoms with Crippen LogP contribution in [-0.2, 0) is 16.0 Å². The number of carbonyl (C=O) groups excluding carboxylic acids is 2. The summed E-state index contributed by atoms with van der Waals surface area (Å²) in [5.74, 6) is -0.315. The lowest BCUT2D eigenvalue weighted by Gasteiger charge is -2.06. The van der Waals surface area contributed by atoms with Crippen LogP contribution in [0.25, 0.3) is 0 Å². The molecule has 5 heteroatoms. The summed E-state index contributed by atoms with van der Waals surface area (Å²) < 4.78 is 0. The van der Waals surface area contributed by atoms with Crippen LogP contribution in [0.1, 0.15) is 18.9 Å². The van der Waals surface area contributed by atoms with Gasteiger partial charge in [0.15, 0.2) is 0 Å². The highest BCUT2D eigenvalue weighted by Crippen LogP contribution is 2.07. The zero-order chi connectivity index (χ0) is 13.4. The molecule has 18 heavy (non-hydrogen) atoms. The summed E-state index contributed by atoms with van der Waals surface area (Å²) >= 11 is 4.17. The first-order chi connectivity index (χ1) is 8.61. The van der Waals surface area contributed by atoms with Crippen LogP contribution in [0.2, 0.25) is 0 Å². The average Bonchev–Trinajstić information content (AvgIpc) is 2.36. The van der Waals surface area contributed by atoms with Gasteiger partial charge in [0, 0.05) is 11.4 Å². The van der Waals surface area contributed by atoms with E-state index in [0.29, 0.717) is 6.54 Å². The molecule has 0 bridgehead atoms. The van der Waals surface area contributed by atoms with Gasteiger partial charge in [-0.1, -0.05) is 19.1 Å². The lowest BCUT2D eigenvalue weighted by Crippen LogP contribution is -2.37. The Morgan fingerprint density at radius 2 is 1.78 bits per heavy atom. The smallest absolute Gasteiger partial charge is 0.239 e. The maximum atomic E-state index is 11.6. The fourth-order valence-electron chi connectivity index (χ4n) is 1.37. The maximum Gasteiger partial charge on any atom is 0.239 e. The number of thiol groups is 1. The van der Waals surface area contributed by atoms with Gasteiger partial charge in [0.25, 0.3) is 0 Å². The summed E-state index contributed by atoms with van der Waals surface area (Å²) in [6, 6.07) is 7.36. The fraction of sp³-hybridized carbons (Fsp3) is 0.385. The normalized spacial score (nSPS) is 9.89. The van der Waals surface area contributed by atoms with E-state index in [2.05, 4.69) is 23.3 Å². The summed E-state index contributed by atoms with van der Waals surface area (Å²) in [4.78, 5) is 23.7. The molecular weight excluding hydrogens is 248 g/mol. The second-order valence-corrected chi connectivity index (χ2v) is 4.49. The molecule has 0 saturated heterocycles. The van der Waals surface area contributed by atoms with Crippen LogP contribution < -0.4 is 10.6 Å². The Kier molecular flexibility index (Phi) is 6.28. The minimum absolute atomic E-state index is 0.0312. The molecule has 0 spiro atoms. The number of nitrogens with one attached hydrogen (secondary N) is 2. The third kappa shape index (κ3) is 5.72. The molecule has 98 valence electrons. The molecule has 1 rings (SSSR count). The van der Waals surface area contributed by atoms with Crippen molar-refractivity contribution in [1.82, 2.24) is 10.6 Å². The summed E-state index contributed by atoms with van der Waals surface area (Å²) in [5.41, 5.74) is 0.902. The molecule has 1 aromatic carbocycles. The number of hydrogen-bond acceptors (Lipinski definition) is 3. The third-order valence-corrected chi connectivity index (χ3v) is 2.62. The molecule has 0 aliphatic rings. The van der Waals surface area contributed by atoms with Gasteiger partial charge < -0.3 is 10.6 Å². The van der Waals surface area contributed by atoms with Gasteiger partial charge in [0.1, 0.15) is 0 Å². The molecular formula is C13H18N2O2S. The minimum Gasteiger partial charge on any atom is -0.355 e. The number of hydrogen-bond donors (Lipinski definition) is 3. The standard InChI is InChI=1S/C13H18N2O2S/c1-2-7-14-13(17)9-15-12(16)8-10-3-5-11(18)6-4-10/h3-6,18H,2,7-9H2,1H3,(H,14,17)(H,15,16). The Bertz CT molecular complexity index is 404. The zero-order valence-electron chi connectivity index (χ0n) is 10.4. The SMILES string of the molecule is CCCNC(=O)CNC(=O)Cc1ccc(S)cc1. The molecule has 0 saturated carbocycles. The summed E-state index contributed by atoms with van der Waals surface area (Å²) in [6.45, 7) is 2.64. The highest BCUT2D eigenvalue weighted by atomic mass is 32.1. The fourth-order valence-corrected chi connectivity index (χ4v) is 1.52. The summed E-state index contributed by atoms with van der Waals surface area (Å²) in [7, 11) is 0. The first-order valence-corrected chi connectivity index (χ1v) is 6.38. The van der Waals surface area contributed by atoms with Gasteiger partial charge in [-0.3, -0.25) is 9.59 Å². The Hall–Kier alpha value is -1.49. The van der Waals surface area contributed by atoms with E-state index in [9.17, 15) is 9.59 Å². The van der Waals surface area contributed by atoms with Crippen LogP contribution in [0.5, 0.6) is 0 Å². The van der Waals surface area contributed by atoms with Gasteiger partial charge >= 0.3 is 0 Å². The zero-order valence-corrected chi connectivity index (χ0v) is 11.3. The first-order valence-electron chi connectivity index (χ1n) is 5.93. The van der Waals surface area contributed by atoms with E-state index in [4.69, 9.17) is 0 Å². The summed E-state index contributed by atoms with van der Waals surface area (Å²) in [5, 5.41) is 5.28. The van der Waals surface area contributed by atoms with Crippen LogP contribution in [-0.4, -0.2) is 24.9 Å². The molecule has 4 nitrogen and oxygen atoms in total. The van der Waals surface area contributed by atoms with Crippen LogP contribution >= 0.6 is 12.6 Å². The number of benzene rings is 1. The maximum absolute atomic E-state index is 11.6. The van der Waals surface area contributed by atoms with Crippen molar-refractivity contribution in [2.75, 3.05) is 13.1 Å². The van der Waals surface area contributed by atoms with Crippen molar-refractivity contribution in [3.63, 3.8) is 0 Å². The van der Waals surface area contributed by atoms with Gasteiger partial charge in [-0.15, -0.1) is 12.6 Å². The van der Waals surface area contributed by atoms with Crippen molar-refractivity contribution in [3.05, 3.63) is 29.8 Å². The molecule has 0 aliphatic heterocycles. The van der Waals surface area contributed by atoms with Gasteiger partial charge in [0.05, 0.1) is 13.0 Å². The van der Waals surface area contributed by atoms with E-state index in [1.54, 1.807) is 0 Å². The topological polar surface area (TPSA) is 58.2 Å². The monoisotopic (exact) mass is 266 g/mol. The predicted molar refractivity (Wildman–Crippen MR) is 73.7 cm³/mol. The molecule has 1 aromatic rings. The van der Waals surface area contributed by atoms with Crippen molar-refractivity contribution in [2.24, 2.45) is 0 Å². The Labute approximate surface area is 113 Å². The van der Waals surface area contributed by atoms with E-state index in [1.807, 2.05) is 31.2 Å². The van der Waals surface area contributed by atoms with Crippen LogP contribution in [0.15, 0.2) is 29.2 Å². The van der Waals surface area contributed by atoms with E-state index >= 15 is 0 Å².